The molecule has 0 saturated heterocycles. The van der Waals surface area contributed by atoms with Crippen LogP contribution < -0.4 is 14.4 Å². The lowest BCUT2D eigenvalue weighted by molar-refractivity contribution is 0.393. The zero-order chi connectivity index (χ0) is 14.5. The maximum Gasteiger partial charge on any atom is 0.183 e. The van der Waals surface area contributed by atoms with Crippen LogP contribution in [0.2, 0.25) is 0 Å². The third-order valence-electron chi connectivity index (χ3n) is 2.84. The van der Waals surface area contributed by atoms with Crippen LogP contribution in [0.5, 0.6) is 11.5 Å². The van der Waals surface area contributed by atoms with Gasteiger partial charge in [-0.2, -0.15) is 0 Å². The van der Waals surface area contributed by atoms with Crippen molar-refractivity contribution in [3.05, 3.63) is 42.1 Å². The Labute approximate surface area is 117 Å². The third-order valence-corrected chi connectivity index (χ3v) is 2.84. The molecule has 0 N–H and O–H groups in total. The van der Waals surface area contributed by atoms with Crippen LogP contribution in [-0.2, 0) is 6.54 Å². The van der Waals surface area contributed by atoms with Crippen molar-refractivity contribution in [3.8, 4) is 11.5 Å². The number of hydrogen-bond acceptors (Lipinski definition) is 5. The minimum Gasteiger partial charge on any atom is -0.497 e. The molecule has 1 heterocycles. The molecule has 0 fully saturated rings. The quantitative estimate of drug-likeness (QED) is 0.839. The minimum atomic E-state index is -0.454. The molecule has 0 saturated carbocycles. The fourth-order valence-electron chi connectivity index (χ4n) is 1.89. The van der Waals surface area contributed by atoms with Gasteiger partial charge in [-0.05, 0) is 17.7 Å². The molecule has 2 rings (SSSR count). The topological polar surface area (TPSA) is 47.5 Å². The molecule has 0 atom stereocenters. The first-order valence-corrected chi connectivity index (χ1v) is 6.02. The first-order valence-electron chi connectivity index (χ1n) is 6.02. The van der Waals surface area contributed by atoms with Crippen molar-refractivity contribution < 1.29 is 13.9 Å². The molecule has 0 aliphatic heterocycles. The Morgan fingerprint density at radius 1 is 1.15 bits per heavy atom. The van der Waals surface area contributed by atoms with E-state index in [9.17, 15) is 4.39 Å². The number of rotatable bonds is 5. The number of hydrogen-bond donors (Lipinski definition) is 0. The lowest BCUT2D eigenvalue weighted by atomic mass is 10.2. The second-order valence-corrected chi connectivity index (χ2v) is 4.27. The monoisotopic (exact) mass is 277 g/mol. The SMILES string of the molecule is COc1cc(CN(C)c2ncncc2F)cc(OC)c1. The second kappa shape index (κ2) is 6.18. The maximum atomic E-state index is 13.6. The van der Waals surface area contributed by atoms with Gasteiger partial charge in [0.05, 0.1) is 20.4 Å². The Hall–Kier alpha value is -2.37. The van der Waals surface area contributed by atoms with E-state index in [0.29, 0.717) is 18.0 Å². The van der Waals surface area contributed by atoms with Crippen LogP contribution in [0.1, 0.15) is 5.56 Å². The average molecular weight is 277 g/mol. The summed E-state index contributed by atoms with van der Waals surface area (Å²) in [7, 11) is 4.94. The summed E-state index contributed by atoms with van der Waals surface area (Å²) in [6, 6.07) is 5.53. The van der Waals surface area contributed by atoms with Gasteiger partial charge in [0, 0.05) is 19.7 Å². The van der Waals surface area contributed by atoms with E-state index < -0.39 is 5.82 Å². The molecule has 5 nitrogen and oxygen atoms in total. The van der Waals surface area contributed by atoms with E-state index in [1.807, 2.05) is 12.1 Å². The fourth-order valence-corrected chi connectivity index (χ4v) is 1.89. The molecule has 1 aromatic heterocycles. The van der Waals surface area contributed by atoms with Crippen molar-refractivity contribution in [1.82, 2.24) is 9.97 Å². The van der Waals surface area contributed by atoms with Gasteiger partial charge in [-0.25, -0.2) is 14.4 Å². The molecule has 0 aliphatic rings. The van der Waals surface area contributed by atoms with Crippen molar-refractivity contribution in [2.24, 2.45) is 0 Å². The van der Waals surface area contributed by atoms with Crippen molar-refractivity contribution in [2.75, 3.05) is 26.2 Å². The molecule has 0 aliphatic carbocycles. The first kappa shape index (κ1) is 14.0. The summed E-state index contributed by atoms with van der Waals surface area (Å²) in [5, 5.41) is 0. The van der Waals surface area contributed by atoms with Crippen molar-refractivity contribution >= 4 is 5.82 Å². The molecule has 0 amide bonds. The molecule has 1 aromatic carbocycles. The number of nitrogens with zero attached hydrogens (tertiary/aromatic N) is 3. The van der Waals surface area contributed by atoms with Crippen LogP contribution in [0.3, 0.4) is 0 Å². The van der Waals surface area contributed by atoms with Gasteiger partial charge in [0.2, 0.25) is 0 Å². The highest BCUT2D eigenvalue weighted by atomic mass is 19.1. The highest BCUT2D eigenvalue weighted by molar-refractivity contribution is 5.43. The highest BCUT2D eigenvalue weighted by Crippen LogP contribution is 2.24. The van der Waals surface area contributed by atoms with Crippen LogP contribution in [0.15, 0.2) is 30.7 Å². The largest absolute Gasteiger partial charge is 0.497 e. The van der Waals surface area contributed by atoms with Crippen molar-refractivity contribution in [2.45, 2.75) is 6.54 Å². The van der Waals surface area contributed by atoms with E-state index in [1.54, 1.807) is 32.2 Å². The summed E-state index contributed by atoms with van der Waals surface area (Å²) in [5.74, 6) is 1.18. The number of anilines is 1. The van der Waals surface area contributed by atoms with Crippen LogP contribution in [0.25, 0.3) is 0 Å². The number of ether oxygens (including phenoxy) is 2. The number of benzene rings is 1. The van der Waals surface area contributed by atoms with Crippen LogP contribution in [-0.4, -0.2) is 31.2 Å². The Kier molecular flexibility index (Phi) is 4.34. The van der Waals surface area contributed by atoms with Gasteiger partial charge >= 0.3 is 0 Å². The summed E-state index contributed by atoms with van der Waals surface area (Å²) in [5.41, 5.74) is 0.932. The van der Waals surface area contributed by atoms with Gasteiger partial charge in [0.25, 0.3) is 0 Å². The summed E-state index contributed by atoms with van der Waals surface area (Å²) < 4.78 is 24.0. The summed E-state index contributed by atoms with van der Waals surface area (Å²) >= 11 is 0. The second-order valence-electron chi connectivity index (χ2n) is 4.27. The molecular formula is C14H16FN3O2. The number of methoxy groups -OCH3 is 2. The molecule has 0 bridgehead atoms. The predicted octanol–water partition coefficient (Wildman–Crippen LogP) is 2.27. The standard InChI is InChI=1S/C14H16FN3O2/c1-18(14-13(15)7-16-9-17-14)8-10-4-11(19-2)6-12(5-10)20-3/h4-7,9H,8H2,1-3H3. The van der Waals surface area contributed by atoms with Crippen LogP contribution >= 0.6 is 0 Å². The first-order chi connectivity index (χ1) is 9.63. The fraction of sp³-hybridized carbons (Fsp3) is 0.286. The molecule has 2 aromatic rings. The van der Waals surface area contributed by atoms with Gasteiger partial charge in [-0.15, -0.1) is 0 Å². The average Bonchev–Trinajstić information content (AvgIpc) is 2.47. The minimum absolute atomic E-state index is 0.252. The lowest BCUT2D eigenvalue weighted by Crippen LogP contribution is -2.19. The van der Waals surface area contributed by atoms with E-state index in [-0.39, 0.29) is 5.82 Å². The highest BCUT2D eigenvalue weighted by Gasteiger charge is 2.11. The molecule has 0 radical (unpaired) electrons. The van der Waals surface area contributed by atoms with E-state index in [0.717, 1.165) is 11.8 Å². The Bertz CT molecular complexity index is 570. The summed E-state index contributed by atoms with van der Waals surface area (Å²) in [6.07, 6.45) is 2.46. The summed E-state index contributed by atoms with van der Waals surface area (Å²) in [4.78, 5) is 9.27. The Balaban J connectivity index is 2.23. The normalized spacial score (nSPS) is 10.2. The zero-order valence-corrected chi connectivity index (χ0v) is 11.6. The smallest absolute Gasteiger partial charge is 0.183 e. The summed E-state index contributed by atoms with van der Waals surface area (Å²) in [6.45, 7) is 0.474. The van der Waals surface area contributed by atoms with Gasteiger partial charge in [-0.3, -0.25) is 0 Å². The van der Waals surface area contributed by atoms with Crippen molar-refractivity contribution in [3.63, 3.8) is 0 Å². The molecule has 0 spiro atoms. The number of aromatic nitrogens is 2. The number of halogens is 1. The zero-order valence-electron chi connectivity index (χ0n) is 11.6. The Morgan fingerprint density at radius 3 is 2.35 bits per heavy atom. The van der Waals surface area contributed by atoms with E-state index in [1.165, 1.54) is 6.33 Å². The Morgan fingerprint density at radius 2 is 1.80 bits per heavy atom. The van der Waals surface area contributed by atoms with Crippen molar-refractivity contribution in [1.29, 1.82) is 0 Å². The lowest BCUT2D eigenvalue weighted by Gasteiger charge is -2.19. The maximum absolute atomic E-state index is 13.6. The predicted molar refractivity (Wildman–Crippen MR) is 73.6 cm³/mol. The molecule has 20 heavy (non-hydrogen) atoms. The van der Waals surface area contributed by atoms with Gasteiger partial charge < -0.3 is 14.4 Å². The molecule has 0 unspecified atom stereocenters. The van der Waals surface area contributed by atoms with Gasteiger partial charge in [0.15, 0.2) is 11.6 Å². The molecule has 106 valence electrons. The van der Waals surface area contributed by atoms with Crippen LogP contribution in [0, 0.1) is 5.82 Å². The third kappa shape index (κ3) is 3.14. The van der Waals surface area contributed by atoms with E-state index >= 15 is 0 Å². The molecule has 6 heteroatoms. The van der Waals surface area contributed by atoms with E-state index in [4.69, 9.17) is 9.47 Å². The van der Waals surface area contributed by atoms with E-state index in [2.05, 4.69) is 9.97 Å². The van der Waals surface area contributed by atoms with Crippen LogP contribution in [0.4, 0.5) is 10.2 Å². The molecular weight excluding hydrogens is 261 g/mol. The van der Waals surface area contributed by atoms with Gasteiger partial charge in [-0.1, -0.05) is 0 Å². The van der Waals surface area contributed by atoms with Gasteiger partial charge in [0.1, 0.15) is 17.8 Å².